The molecule has 0 bridgehead atoms. The minimum atomic E-state index is 0.622. The number of para-hydroxylation sites is 1. The fraction of sp³-hybridized carbons (Fsp3) is 0. The maximum atomic E-state index is 6.22. The van der Waals surface area contributed by atoms with Crippen molar-refractivity contribution in [1.82, 2.24) is 15.0 Å². The molecule has 2 heterocycles. The first-order chi connectivity index (χ1) is 29.2. The summed E-state index contributed by atoms with van der Waals surface area (Å²) in [6.07, 6.45) is 0. The number of fused-ring (bicyclic) bond motifs is 5. The van der Waals surface area contributed by atoms with Gasteiger partial charge in [0.2, 0.25) is 0 Å². The van der Waals surface area contributed by atoms with Gasteiger partial charge in [-0.3, -0.25) is 0 Å². The number of nitrogens with zero attached hydrogens (tertiary/aromatic N) is 3. The first kappa shape index (κ1) is 32.2. The van der Waals surface area contributed by atoms with Crippen LogP contribution in [0.25, 0.3) is 132 Å². The second-order valence-corrected chi connectivity index (χ2v) is 15.5. The third-order valence-electron chi connectivity index (χ3n) is 12.2. The molecule has 0 saturated carbocycles. The lowest BCUT2D eigenvalue weighted by molar-refractivity contribution is 0.669. The molecule has 0 amide bonds. The summed E-state index contributed by atoms with van der Waals surface area (Å²) >= 11 is 0. The summed E-state index contributed by atoms with van der Waals surface area (Å²) in [6, 6.07) is 67.0. The van der Waals surface area contributed by atoms with Crippen molar-refractivity contribution in [3.05, 3.63) is 188 Å². The molecule has 13 aromatic rings. The molecule has 11 aromatic carbocycles. The molecule has 13 rings (SSSR count). The van der Waals surface area contributed by atoms with Crippen molar-refractivity contribution < 1.29 is 4.42 Å². The van der Waals surface area contributed by atoms with Crippen LogP contribution in [0.4, 0.5) is 0 Å². The van der Waals surface area contributed by atoms with Gasteiger partial charge in [-0.15, -0.1) is 0 Å². The molecule has 0 fully saturated rings. The van der Waals surface area contributed by atoms with Crippen LogP contribution < -0.4 is 0 Å². The van der Waals surface area contributed by atoms with Gasteiger partial charge in [-0.05, 0) is 100 Å². The van der Waals surface area contributed by atoms with E-state index in [1.165, 1.54) is 59.2 Å². The zero-order valence-corrected chi connectivity index (χ0v) is 31.6. The predicted octanol–water partition coefficient (Wildman–Crippen LogP) is 14.8. The first-order valence-electron chi connectivity index (χ1n) is 20.0. The molecule has 0 unspecified atom stereocenters. The zero-order chi connectivity index (χ0) is 38.6. The van der Waals surface area contributed by atoms with Crippen molar-refractivity contribution in [1.29, 1.82) is 0 Å². The van der Waals surface area contributed by atoms with Gasteiger partial charge >= 0.3 is 0 Å². The Morgan fingerprint density at radius 1 is 0.271 bits per heavy atom. The lowest BCUT2D eigenvalue weighted by Crippen LogP contribution is -2.00. The largest absolute Gasteiger partial charge is 0.456 e. The van der Waals surface area contributed by atoms with Crippen LogP contribution >= 0.6 is 0 Å². The molecular weight excluding hydrogens is 719 g/mol. The van der Waals surface area contributed by atoms with E-state index >= 15 is 0 Å². The van der Waals surface area contributed by atoms with E-state index in [1.54, 1.807) is 0 Å². The molecule has 0 radical (unpaired) electrons. The van der Waals surface area contributed by atoms with Crippen LogP contribution in [-0.4, -0.2) is 15.0 Å². The molecule has 0 N–H and O–H groups in total. The summed E-state index contributed by atoms with van der Waals surface area (Å²) in [5.41, 5.74) is 6.79. The third kappa shape index (κ3) is 4.81. The Labute approximate surface area is 338 Å². The molecule has 0 atom stereocenters. The summed E-state index contributed by atoms with van der Waals surface area (Å²) < 4.78 is 6.22. The summed E-state index contributed by atoms with van der Waals surface area (Å²) in [6.45, 7) is 0. The molecule has 0 aliphatic rings. The molecule has 4 nitrogen and oxygen atoms in total. The van der Waals surface area contributed by atoms with Crippen molar-refractivity contribution in [3.63, 3.8) is 0 Å². The van der Waals surface area contributed by atoms with E-state index in [1.807, 2.05) is 36.4 Å². The zero-order valence-electron chi connectivity index (χ0n) is 31.6. The fourth-order valence-electron chi connectivity index (χ4n) is 9.58. The van der Waals surface area contributed by atoms with Gasteiger partial charge in [-0.1, -0.05) is 164 Å². The summed E-state index contributed by atoms with van der Waals surface area (Å²) in [4.78, 5) is 15.6. The van der Waals surface area contributed by atoms with Crippen LogP contribution in [-0.2, 0) is 0 Å². The van der Waals surface area contributed by atoms with E-state index in [9.17, 15) is 0 Å². The van der Waals surface area contributed by atoms with Crippen molar-refractivity contribution in [2.24, 2.45) is 0 Å². The van der Waals surface area contributed by atoms with E-state index in [0.29, 0.717) is 17.5 Å². The van der Waals surface area contributed by atoms with Crippen molar-refractivity contribution in [3.8, 4) is 45.3 Å². The van der Waals surface area contributed by atoms with Crippen LogP contribution in [0.1, 0.15) is 0 Å². The van der Waals surface area contributed by atoms with Crippen molar-refractivity contribution >= 4 is 86.6 Å². The average Bonchev–Trinajstić information content (AvgIpc) is 3.69. The summed E-state index contributed by atoms with van der Waals surface area (Å²) in [5.74, 6) is 1.89. The summed E-state index contributed by atoms with van der Waals surface area (Å²) in [5, 5.41) is 17.0. The monoisotopic (exact) mass is 749 g/mol. The van der Waals surface area contributed by atoms with E-state index in [4.69, 9.17) is 19.4 Å². The SMILES string of the molecule is c1ccc(-c2nc(-c3ccc(-c4cccc5oc6ccccc6c45)cc3)nc(-c3cc4ccc5cccc6c7cccc8ccc9cccc(c(c3)c4c56)c9c87)n2)cc1. The van der Waals surface area contributed by atoms with Crippen LogP contribution in [0, 0.1) is 0 Å². The second-order valence-electron chi connectivity index (χ2n) is 15.5. The Morgan fingerprint density at radius 2 is 0.746 bits per heavy atom. The molecule has 0 spiro atoms. The van der Waals surface area contributed by atoms with Gasteiger partial charge < -0.3 is 4.42 Å². The Morgan fingerprint density at radius 3 is 1.41 bits per heavy atom. The van der Waals surface area contributed by atoms with Gasteiger partial charge in [0, 0.05) is 27.5 Å². The Balaban J connectivity index is 1.06. The highest BCUT2D eigenvalue weighted by Gasteiger charge is 2.19. The van der Waals surface area contributed by atoms with Gasteiger partial charge in [0.25, 0.3) is 0 Å². The molecule has 0 saturated heterocycles. The molecule has 0 aliphatic carbocycles. The second kappa shape index (κ2) is 12.3. The minimum Gasteiger partial charge on any atom is -0.456 e. The normalized spacial score (nSPS) is 12.1. The number of furan rings is 1. The molecular formula is C55H31N3O. The maximum Gasteiger partial charge on any atom is 0.164 e. The lowest BCUT2D eigenvalue weighted by Gasteiger charge is -2.17. The fourth-order valence-corrected chi connectivity index (χ4v) is 9.58. The van der Waals surface area contributed by atoms with Gasteiger partial charge in [-0.25, -0.2) is 15.0 Å². The highest BCUT2D eigenvalue weighted by atomic mass is 16.3. The smallest absolute Gasteiger partial charge is 0.164 e. The molecule has 0 aliphatic heterocycles. The Kier molecular flexibility index (Phi) is 6.69. The van der Waals surface area contributed by atoms with Crippen LogP contribution in [0.15, 0.2) is 192 Å². The highest BCUT2D eigenvalue weighted by Crippen LogP contribution is 2.44. The Hall–Kier alpha value is -7.95. The van der Waals surface area contributed by atoms with Crippen LogP contribution in [0.5, 0.6) is 0 Å². The average molecular weight is 750 g/mol. The van der Waals surface area contributed by atoms with Crippen molar-refractivity contribution in [2.45, 2.75) is 0 Å². The van der Waals surface area contributed by atoms with E-state index in [-0.39, 0.29) is 0 Å². The number of rotatable bonds is 4. The van der Waals surface area contributed by atoms with E-state index < -0.39 is 0 Å². The number of hydrogen-bond donors (Lipinski definition) is 0. The number of hydrogen-bond acceptors (Lipinski definition) is 4. The van der Waals surface area contributed by atoms with E-state index in [0.717, 1.165) is 55.1 Å². The Bertz CT molecular complexity index is 3820. The predicted molar refractivity (Wildman–Crippen MR) is 245 cm³/mol. The first-order valence-corrected chi connectivity index (χ1v) is 20.0. The number of aromatic nitrogens is 3. The standard InChI is InChI=1S/C55H31N3O/c1-2-10-36(11-3-1)53-56-54(37-27-22-32(23-28-37)40-16-9-21-47-52(40)44-15-4-5-20-46(44)59-47)58-55(57-53)39-30-38-29-26-35-13-7-18-42-41-17-6-12-33-24-25-34-14-8-19-43(50(34)48(33)41)45(31-39)51(38)49(35)42/h1-31H. The van der Waals surface area contributed by atoms with Crippen LogP contribution in [0.2, 0.25) is 0 Å². The van der Waals surface area contributed by atoms with Crippen molar-refractivity contribution in [2.75, 3.05) is 0 Å². The van der Waals surface area contributed by atoms with Gasteiger partial charge in [0.1, 0.15) is 11.2 Å². The number of benzene rings is 10. The molecule has 4 heteroatoms. The summed E-state index contributed by atoms with van der Waals surface area (Å²) in [7, 11) is 0. The quantitative estimate of drug-likeness (QED) is 0.168. The minimum absolute atomic E-state index is 0.622. The van der Waals surface area contributed by atoms with Gasteiger partial charge in [-0.2, -0.15) is 0 Å². The molecule has 2 aromatic heterocycles. The topological polar surface area (TPSA) is 51.8 Å². The lowest BCUT2D eigenvalue weighted by atomic mass is 9.87. The third-order valence-corrected chi connectivity index (χ3v) is 12.2. The van der Waals surface area contributed by atoms with Gasteiger partial charge in [0.05, 0.1) is 0 Å². The molecule has 272 valence electrons. The van der Waals surface area contributed by atoms with Gasteiger partial charge in [0.15, 0.2) is 17.5 Å². The van der Waals surface area contributed by atoms with E-state index in [2.05, 4.69) is 152 Å². The maximum absolute atomic E-state index is 6.22. The van der Waals surface area contributed by atoms with Crippen LogP contribution in [0.3, 0.4) is 0 Å². The molecule has 59 heavy (non-hydrogen) atoms. The highest BCUT2D eigenvalue weighted by molar-refractivity contribution is 6.37.